The van der Waals surface area contributed by atoms with E-state index in [1.807, 2.05) is 48.7 Å². The molecule has 0 bridgehead atoms. The third-order valence-corrected chi connectivity index (χ3v) is 5.65. The highest BCUT2D eigenvalue weighted by atomic mass is 32.2. The zero-order valence-corrected chi connectivity index (χ0v) is 18.5. The van der Waals surface area contributed by atoms with Gasteiger partial charge in [0.1, 0.15) is 5.82 Å². The van der Waals surface area contributed by atoms with Gasteiger partial charge in [0.2, 0.25) is 0 Å². The van der Waals surface area contributed by atoms with E-state index in [9.17, 15) is 13.4 Å². The molecule has 1 unspecified atom stereocenters. The summed E-state index contributed by atoms with van der Waals surface area (Å²) in [7, 11) is 0. The first-order valence-corrected chi connectivity index (χ1v) is 11.5. The molecule has 7 heteroatoms. The molecule has 0 aliphatic heterocycles. The maximum Gasteiger partial charge on any atom is 0.305 e. The van der Waals surface area contributed by atoms with E-state index in [2.05, 4.69) is 0 Å². The first-order valence-electron chi connectivity index (χ1n) is 10.2. The molecule has 0 radical (unpaired) electrons. The number of esters is 1. The van der Waals surface area contributed by atoms with Gasteiger partial charge in [-0.05, 0) is 60.4 Å². The molecule has 3 rings (SSSR count). The molecule has 0 fully saturated rings. The van der Waals surface area contributed by atoms with Crippen molar-refractivity contribution in [3.63, 3.8) is 0 Å². The third kappa shape index (κ3) is 5.89. The molecule has 1 heterocycles. The normalized spacial score (nSPS) is 12.0. The van der Waals surface area contributed by atoms with E-state index in [-0.39, 0.29) is 17.5 Å². The Morgan fingerprint density at radius 3 is 2.42 bits per heavy atom. The second kappa shape index (κ2) is 10.5. The molecule has 0 saturated heterocycles. The van der Waals surface area contributed by atoms with Crippen LogP contribution in [0.15, 0.2) is 54.6 Å². The maximum absolute atomic E-state index is 13.5. The molecule has 1 N–H and O–H groups in total. The lowest BCUT2D eigenvalue weighted by molar-refractivity contribution is -0.143. The Bertz CT molecular complexity index is 1060. The van der Waals surface area contributed by atoms with E-state index in [0.29, 0.717) is 19.4 Å². The summed E-state index contributed by atoms with van der Waals surface area (Å²) in [5.41, 5.74) is 5.44. The van der Waals surface area contributed by atoms with Crippen LogP contribution >= 0.6 is 0 Å². The summed E-state index contributed by atoms with van der Waals surface area (Å²) >= 11 is -1.90. The fourth-order valence-electron chi connectivity index (χ4n) is 3.51. The lowest BCUT2D eigenvalue weighted by Gasteiger charge is -2.13. The van der Waals surface area contributed by atoms with Crippen LogP contribution in [0.1, 0.15) is 36.6 Å². The number of carbonyl (C=O) groups is 1. The Balaban J connectivity index is 1.95. The van der Waals surface area contributed by atoms with Crippen LogP contribution in [0.2, 0.25) is 0 Å². The van der Waals surface area contributed by atoms with Crippen LogP contribution in [-0.2, 0) is 32.8 Å². The van der Waals surface area contributed by atoms with Crippen LogP contribution in [0.3, 0.4) is 0 Å². The van der Waals surface area contributed by atoms with Crippen molar-refractivity contribution in [2.75, 3.05) is 6.61 Å². The van der Waals surface area contributed by atoms with Gasteiger partial charge in [-0.3, -0.25) is 4.79 Å². The fraction of sp³-hybridized carbons (Fsp3) is 0.292. The average molecular weight is 444 g/mol. The van der Waals surface area contributed by atoms with E-state index >= 15 is 0 Å². The monoisotopic (exact) mass is 443 g/mol. The van der Waals surface area contributed by atoms with Crippen LogP contribution in [0.4, 0.5) is 4.39 Å². The van der Waals surface area contributed by atoms with Gasteiger partial charge in [-0.1, -0.05) is 31.2 Å². The van der Waals surface area contributed by atoms with Crippen LogP contribution in [-0.4, -0.2) is 25.9 Å². The van der Waals surface area contributed by atoms with Crippen molar-refractivity contribution >= 4 is 17.0 Å². The lowest BCUT2D eigenvalue weighted by Crippen LogP contribution is -2.07. The number of aromatic nitrogens is 1. The summed E-state index contributed by atoms with van der Waals surface area (Å²) < 4.78 is 41.0. The van der Waals surface area contributed by atoms with E-state index in [1.165, 1.54) is 12.1 Å². The Morgan fingerprint density at radius 1 is 1.13 bits per heavy atom. The molecule has 2 aromatic carbocycles. The quantitative estimate of drug-likeness (QED) is 0.365. The van der Waals surface area contributed by atoms with Crippen molar-refractivity contribution in [2.45, 2.75) is 38.9 Å². The predicted molar refractivity (Wildman–Crippen MR) is 120 cm³/mol. The van der Waals surface area contributed by atoms with Crippen LogP contribution in [0.5, 0.6) is 0 Å². The number of nitrogens with zero attached hydrogens (tertiary/aromatic N) is 1. The summed E-state index contributed by atoms with van der Waals surface area (Å²) in [6, 6.07) is 15.8. The summed E-state index contributed by atoms with van der Waals surface area (Å²) in [6.45, 7) is 4.22. The zero-order valence-electron chi connectivity index (χ0n) is 17.6. The first-order chi connectivity index (χ1) is 14.9. The Labute approximate surface area is 184 Å². The Morgan fingerprint density at radius 2 is 1.81 bits per heavy atom. The second-order valence-corrected chi connectivity index (χ2v) is 8.27. The van der Waals surface area contributed by atoms with E-state index < -0.39 is 11.1 Å². The van der Waals surface area contributed by atoms with Gasteiger partial charge in [-0.25, -0.2) is 8.60 Å². The van der Waals surface area contributed by atoms with Gasteiger partial charge < -0.3 is 13.9 Å². The Hall–Kier alpha value is -2.77. The van der Waals surface area contributed by atoms with Gasteiger partial charge in [0.05, 0.1) is 18.1 Å². The maximum atomic E-state index is 13.5. The van der Waals surface area contributed by atoms with Crippen molar-refractivity contribution in [3.8, 4) is 16.9 Å². The van der Waals surface area contributed by atoms with Gasteiger partial charge in [-0.15, -0.1) is 0 Å². The van der Waals surface area contributed by atoms with Crippen molar-refractivity contribution in [1.82, 2.24) is 4.57 Å². The van der Waals surface area contributed by atoms with E-state index in [1.54, 1.807) is 12.1 Å². The number of rotatable bonds is 9. The van der Waals surface area contributed by atoms with Crippen LogP contribution in [0, 0.1) is 12.7 Å². The van der Waals surface area contributed by atoms with Gasteiger partial charge in [0.25, 0.3) is 0 Å². The highest BCUT2D eigenvalue weighted by molar-refractivity contribution is 7.78. The largest absolute Gasteiger partial charge is 0.465 e. The van der Waals surface area contributed by atoms with Crippen molar-refractivity contribution in [1.29, 1.82) is 0 Å². The summed E-state index contributed by atoms with van der Waals surface area (Å²) in [5, 5.41) is 0. The minimum atomic E-state index is -1.90. The van der Waals surface area contributed by atoms with Gasteiger partial charge in [0.15, 0.2) is 11.1 Å². The molecule has 0 aliphatic carbocycles. The van der Waals surface area contributed by atoms with Crippen LogP contribution < -0.4 is 0 Å². The topological polar surface area (TPSA) is 68.5 Å². The minimum Gasteiger partial charge on any atom is -0.465 e. The summed E-state index contributed by atoms with van der Waals surface area (Å²) in [4.78, 5) is 11.7. The number of benzene rings is 2. The van der Waals surface area contributed by atoms with Crippen molar-refractivity contribution in [2.24, 2.45) is 0 Å². The first kappa shape index (κ1) is 22.9. The number of halogens is 1. The number of hydrogen-bond acceptors (Lipinski definition) is 3. The molecule has 0 saturated carbocycles. The molecule has 0 aliphatic rings. The predicted octanol–water partition coefficient (Wildman–Crippen LogP) is 5.20. The van der Waals surface area contributed by atoms with Crippen molar-refractivity contribution in [3.05, 3.63) is 77.2 Å². The highest BCUT2D eigenvalue weighted by Crippen LogP contribution is 2.30. The van der Waals surface area contributed by atoms with Crippen molar-refractivity contribution < 1.29 is 22.7 Å². The SMILES string of the molecule is CCCC(=O)OCCc1cc(-c2ccc(CS(=O)O)cc2)n(-c2ccc(F)cc2)c1C. The zero-order chi connectivity index (χ0) is 22.4. The molecule has 1 aromatic heterocycles. The highest BCUT2D eigenvalue weighted by Gasteiger charge is 2.16. The molecule has 31 heavy (non-hydrogen) atoms. The minimum absolute atomic E-state index is 0.0761. The van der Waals surface area contributed by atoms with Gasteiger partial charge in [-0.2, -0.15) is 0 Å². The fourth-order valence-corrected chi connectivity index (χ4v) is 3.99. The van der Waals surface area contributed by atoms with E-state index in [0.717, 1.165) is 40.2 Å². The Kier molecular flexibility index (Phi) is 7.76. The molecule has 0 spiro atoms. The molecule has 5 nitrogen and oxygen atoms in total. The second-order valence-electron chi connectivity index (χ2n) is 7.34. The molecular weight excluding hydrogens is 417 g/mol. The molecule has 0 amide bonds. The number of carbonyl (C=O) groups excluding carboxylic acids is 1. The third-order valence-electron chi connectivity index (χ3n) is 5.07. The average Bonchev–Trinajstić information content (AvgIpc) is 3.05. The number of hydrogen-bond donors (Lipinski definition) is 1. The molecular formula is C24H26FNO4S. The smallest absolute Gasteiger partial charge is 0.305 e. The van der Waals surface area contributed by atoms with Gasteiger partial charge in [0, 0.05) is 24.2 Å². The molecule has 164 valence electrons. The number of ether oxygens (including phenoxy) is 1. The molecule has 3 aromatic rings. The lowest BCUT2D eigenvalue weighted by atomic mass is 10.1. The summed E-state index contributed by atoms with van der Waals surface area (Å²) in [5.74, 6) is -0.429. The van der Waals surface area contributed by atoms with E-state index in [4.69, 9.17) is 9.29 Å². The summed E-state index contributed by atoms with van der Waals surface area (Å²) in [6.07, 6.45) is 1.73. The van der Waals surface area contributed by atoms with Crippen LogP contribution in [0.25, 0.3) is 16.9 Å². The standard InChI is InChI=1S/C24H26FNO4S/c1-3-4-24(27)30-14-13-20-15-23(19-7-5-18(6-8-19)16-31(28)29)26(17(20)2)22-11-9-21(25)10-12-22/h5-12,15H,3-4,13-14,16H2,1-2H3,(H,28,29). The molecule has 1 atom stereocenters. The van der Waals surface area contributed by atoms with Gasteiger partial charge >= 0.3 is 5.97 Å².